The van der Waals surface area contributed by atoms with Gasteiger partial charge in [0.05, 0.1) is 0 Å². The quantitative estimate of drug-likeness (QED) is 0.650. The molecule has 0 radical (unpaired) electrons. The lowest BCUT2D eigenvalue weighted by molar-refractivity contribution is -0.132. The van der Waals surface area contributed by atoms with Crippen molar-refractivity contribution in [3.63, 3.8) is 0 Å². The fourth-order valence-corrected chi connectivity index (χ4v) is 3.95. The molecule has 2 atom stereocenters. The second-order valence-corrected chi connectivity index (χ2v) is 6.59. The summed E-state index contributed by atoms with van der Waals surface area (Å²) in [7, 11) is 0. The molecule has 0 aromatic rings. The predicted octanol–water partition coefficient (Wildman–Crippen LogP) is 2.82. The van der Waals surface area contributed by atoms with E-state index in [0.717, 1.165) is 6.54 Å². The van der Waals surface area contributed by atoms with E-state index in [1.807, 2.05) is 6.92 Å². The van der Waals surface area contributed by atoms with Crippen LogP contribution in [0.1, 0.15) is 53.4 Å². The van der Waals surface area contributed by atoms with E-state index in [1.54, 1.807) is 0 Å². The molecule has 2 bridgehead atoms. The zero-order valence-electron chi connectivity index (χ0n) is 10.5. The maximum atomic E-state index is 11.8. The standard InChI is InChI=1S/C13H23NO/c1-5-11(15)14-9-13(4)7-10(14)6-12(2,3)8-13/h10H,5-9H2,1-4H3. The van der Waals surface area contributed by atoms with Gasteiger partial charge in [0.15, 0.2) is 0 Å². The molecule has 0 spiro atoms. The van der Waals surface area contributed by atoms with E-state index in [9.17, 15) is 4.79 Å². The van der Waals surface area contributed by atoms with Crippen LogP contribution in [0.15, 0.2) is 0 Å². The highest BCUT2D eigenvalue weighted by Gasteiger charge is 2.50. The first-order chi connectivity index (χ1) is 6.85. The van der Waals surface area contributed by atoms with Gasteiger partial charge in [-0.3, -0.25) is 4.79 Å². The summed E-state index contributed by atoms with van der Waals surface area (Å²) in [6.45, 7) is 10.0. The van der Waals surface area contributed by atoms with Crippen LogP contribution in [0, 0.1) is 10.8 Å². The molecule has 1 saturated carbocycles. The van der Waals surface area contributed by atoms with Crippen LogP contribution in [-0.2, 0) is 4.79 Å². The maximum absolute atomic E-state index is 11.8. The third-order valence-corrected chi connectivity index (χ3v) is 4.04. The Morgan fingerprint density at radius 3 is 2.60 bits per heavy atom. The van der Waals surface area contributed by atoms with Crippen LogP contribution in [-0.4, -0.2) is 23.4 Å². The van der Waals surface area contributed by atoms with Gasteiger partial charge in [0, 0.05) is 19.0 Å². The van der Waals surface area contributed by atoms with Crippen molar-refractivity contribution in [2.24, 2.45) is 10.8 Å². The first-order valence-corrected chi connectivity index (χ1v) is 6.15. The van der Waals surface area contributed by atoms with E-state index >= 15 is 0 Å². The molecule has 2 unspecified atom stereocenters. The van der Waals surface area contributed by atoms with Crippen molar-refractivity contribution in [3.05, 3.63) is 0 Å². The second-order valence-electron chi connectivity index (χ2n) is 6.59. The number of carbonyl (C=O) groups is 1. The average Bonchev–Trinajstić information content (AvgIpc) is 2.33. The third-order valence-electron chi connectivity index (χ3n) is 4.04. The van der Waals surface area contributed by atoms with Gasteiger partial charge in [-0.05, 0) is 30.1 Å². The highest BCUT2D eigenvalue weighted by molar-refractivity contribution is 5.76. The lowest BCUT2D eigenvalue weighted by Crippen LogP contribution is -2.37. The van der Waals surface area contributed by atoms with Crippen LogP contribution in [0.25, 0.3) is 0 Å². The highest BCUT2D eigenvalue weighted by atomic mass is 16.2. The van der Waals surface area contributed by atoms with Crippen molar-refractivity contribution < 1.29 is 4.79 Å². The van der Waals surface area contributed by atoms with Crippen molar-refractivity contribution in [1.29, 1.82) is 0 Å². The Bertz CT molecular complexity index is 284. The Labute approximate surface area is 93.0 Å². The molecule has 1 aliphatic heterocycles. The van der Waals surface area contributed by atoms with Crippen LogP contribution < -0.4 is 0 Å². The average molecular weight is 209 g/mol. The monoisotopic (exact) mass is 209 g/mol. The van der Waals surface area contributed by atoms with Crippen molar-refractivity contribution in [2.75, 3.05) is 6.54 Å². The van der Waals surface area contributed by atoms with Crippen LogP contribution in [0.2, 0.25) is 0 Å². The molecule has 2 nitrogen and oxygen atoms in total. The SMILES string of the molecule is CCC(=O)N1CC2(C)CC1CC(C)(C)C2. The van der Waals surface area contributed by atoms with Crippen molar-refractivity contribution in [3.8, 4) is 0 Å². The van der Waals surface area contributed by atoms with Crippen LogP contribution in [0.5, 0.6) is 0 Å². The van der Waals surface area contributed by atoms with E-state index in [4.69, 9.17) is 0 Å². The molecule has 1 saturated heterocycles. The number of rotatable bonds is 1. The third kappa shape index (κ3) is 1.91. The second kappa shape index (κ2) is 3.23. The fourth-order valence-electron chi connectivity index (χ4n) is 3.95. The topological polar surface area (TPSA) is 20.3 Å². The zero-order chi connectivity index (χ0) is 11.3. The van der Waals surface area contributed by atoms with Crippen LogP contribution >= 0.6 is 0 Å². The summed E-state index contributed by atoms with van der Waals surface area (Å²) in [5, 5.41) is 0. The molecular weight excluding hydrogens is 186 g/mol. The Kier molecular flexibility index (Phi) is 2.36. The summed E-state index contributed by atoms with van der Waals surface area (Å²) in [5.74, 6) is 0.349. The van der Waals surface area contributed by atoms with Crippen molar-refractivity contribution >= 4 is 5.91 Å². The highest BCUT2D eigenvalue weighted by Crippen LogP contribution is 2.52. The first-order valence-electron chi connectivity index (χ1n) is 6.15. The number of likely N-dealkylation sites (tertiary alicyclic amines) is 1. The molecule has 15 heavy (non-hydrogen) atoms. The Balaban J connectivity index is 2.20. The molecular formula is C13H23NO. The largest absolute Gasteiger partial charge is 0.339 e. The molecule has 0 N–H and O–H groups in total. The molecule has 1 heterocycles. The van der Waals surface area contributed by atoms with Crippen molar-refractivity contribution in [1.82, 2.24) is 4.90 Å². The number of carbonyl (C=O) groups excluding carboxylic acids is 1. The molecule has 2 aliphatic rings. The van der Waals surface area contributed by atoms with Gasteiger partial charge < -0.3 is 4.90 Å². The minimum Gasteiger partial charge on any atom is -0.339 e. The van der Waals surface area contributed by atoms with Gasteiger partial charge in [-0.15, -0.1) is 0 Å². The lowest BCUT2D eigenvalue weighted by atomic mass is 9.65. The lowest BCUT2D eigenvalue weighted by Gasteiger charge is -2.39. The van der Waals surface area contributed by atoms with Gasteiger partial charge in [-0.1, -0.05) is 27.7 Å². The maximum Gasteiger partial charge on any atom is 0.222 e. The zero-order valence-corrected chi connectivity index (χ0v) is 10.5. The fraction of sp³-hybridized carbons (Fsp3) is 0.923. The number of amides is 1. The van der Waals surface area contributed by atoms with E-state index < -0.39 is 0 Å². The number of hydrogen-bond acceptors (Lipinski definition) is 1. The Morgan fingerprint density at radius 2 is 2.00 bits per heavy atom. The number of fused-ring (bicyclic) bond motifs is 2. The summed E-state index contributed by atoms with van der Waals surface area (Å²) in [6, 6.07) is 0.520. The Morgan fingerprint density at radius 1 is 1.33 bits per heavy atom. The summed E-state index contributed by atoms with van der Waals surface area (Å²) in [5.41, 5.74) is 0.803. The van der Waals surface area contributed by atoms with Crippen LogP contribution in [0.3, 0.4) is 0 Å². The molecule has 2 fully saturated rings. The minimum absolute atomic E-state index is 0.349. The predicted molar refractivity (Wildman–Crippen MR) is 61.5 cm³/mol. The van der Waals surface area contributed by atoms with Crippen molar-refractivity contribution in [2.45, 2.75) is 59.4 Å². The van der Waals surface area contributed by atoms with Gasteiger partial charge in [-0.2, -0.15) is 0 Å². The number of nitrogens with zero attached hydrogens (tertiary/aromatic N) is 1. The molecule has 0 aromatic heterocycles. The molecule has 0 aromatic carbocycles. The summed E-state index contributed by atoms with van der Waals surface area (Å²) in [6.07, 6.45) is 4.34. The summed E-state index contributed by atoms with van der Waals surface area (Å²) >= 11 is 0. The molecule has 2 heteroatoms. The summed E-state index contributed by atoms with van der Waals surface area (Å²) < 4.78 is 0. The number of hydrogen-bond donors (Lipinski definition) is 0. The Hall–Kier alpha value is -0.530. The molecule has 86 valence electrons. The van der Waals surface area contributed by atoms with Gasteiger partial charge in [0.1, 0.15) is 0 Å². The van der Waals surface area contributed by atoms with Crippen LogP contribution in [0.4, 0.5) is 0 Å². The molecule has 1 aliphatic carbocycles. The van der Waals surface area contributed by atoms with E-state index in [1.165, 1.54) is 19.3 Å². The first kappa shape index (κ1) is 11.0. The van der Waals surface area contributed by atoms with Gasteiger partial charge >= 0.3 is 0 Å². The normalized spacial score (nSPS) is 38.1. The van der Waals surface area contributed by atoms with E-state index in [0.29, 0.717) is 29.2 Å². The van der Waals surface area contributed by atoms with Gasteiger partial charge in [0.25, 0.3) is 0 Å². The minimum atomic E-state index is 0.349. The van der Waals surface area contributed by atoms with Gasteiger partial charge in [0.2, 0.25) is 5.91 Å². The molecule has 2 rings (SSSR count). The smallest absolute Gasteiger partial charge is 0.222 e. The summed E-state index contributed by atoms with van der Waals surface area (Å²) in [4.78, 5) is 14.0. The van der Waals surface area contributed by atoms with Gasteiger partial charge in [-0.25, -0.2) is 0 Å². The van der Waals surface area contributed by atoms with E-state index in [-0.39, 0.29) is 0 Å². The van der Waals surface area contributed by atoms with E-state index in [2.05, 4.69) is 25.7 Å². The molecule has 1 amide bonds.